The number of anilines is 1. The Kier molecular flexibility index (Phi) is 5.95. The van der Waals surface area contributed by atoms with E-state index in [4.69, 9.17) is 0 Å². The molecule has 2 amide bonds. The molecular weight excluding hydrogens is 457 g/mol. The van der Waals surface area contributed by atoms with Crippen LogP contribution >= 0.6 is 0 Å². The molecule has 8 heteroatoms. The summed E-state index contributed by atoms with van der Waals surface area (Å²) in [6.45, 7) is 0.659. The molecule has 186 valence electrons. The van der Waals surface area contributed by atoms with E-state index in [2.05, 4.69) is 32.7 Å². The number of aromatic amines is 1. The summed E-state index contributed by atoms with van der Waals surface area (Å²) in [7, 11) is 0. The minimum absolute atomic E-state index is 0.0133. The minimum atomic E-state index is -0.550. The molecule has 3 aliphatic rings. The maximum atomic E-state index is 14.2. The van der Waals surface area contributed by atoms with Gasteiger partial charge in [0.05, 0.1) is 23.6 Å². The van der Waals surface area contributed by atoms with Crippen LogP contribution in [0.4, 0.5) is 10.1 Å². The quantitative estimate of drug-likeness (QED) is 0.502. The summed E-state index contributed by atoms with van der Waals surface area (Å²) in [6.07, 6.45) is 7.76. The number of imidazole rings is 1. The maximum absolute atomic E-state index is 14.2. The third-order valence-electron chi connectivity index (χ3n) is 8.08. The zero-order chi connectivity index (χ0) is 24.6. The predicted octanol–water partition coefficient (Wildman–Crippen LogP) is 4.59. The largest absolute Gasteiger partial charge is 0.375 e. The molecule has 7 nitrogen and oxygen atoms in total. The van der Waals surface area contributed by atoms with Gasteiger partial charge in [-0.05, 0) is 43.0 Å². The number of hydrogen-bond acceptors (Lipinski definition) is 4. The van der Waals surface area contributed by atoms with Crippen LogP contribution in [-0.2, 0) is 4.79 Å². The normalized spacial score (nSPS) is 27.0. The van der Waals surface area contributed by atoms with E-state index < -0.39 is 11.7 Å². The number of amides is 2. The van der Waals surface area contributed by atoms with Crippen LogP contribution in [0.25, 0.3) is 0 Å². The van der Waals surface area contributed by atoms with E-state index in [1.807, 2.05) is 23.2 Å². The van der Waals surface area contributed by atoms with Gasteiger partial charge in [0.15, 0.2) is 0 Å². The predicted molar refractivity (Wildman–Crippen MR) is 134 cm³/mol. The molecule has 3 N–H and O–H groups in total. The molecule has 2 aromatic carbocycles. The number of carbonyl (C=O) groups excluding carboxylic acids is 2. The van der Waals surface area contributed by atoms with Crippen molar-refractivity contribution in [2.24, 2.45) is 11.8 Å². The van der Waals surface area contributed by atoms with Crippen LogP contribution in [0.5, 0.6) is 0 Å². The Hall–Kier alpha value is -3.68. The number of nitrogens with one attached hydrogen (secondary N) is 3. The van der Waals surface area contributed by atoms with Crippen molar-refractivity contribution in [2.45, 2.75) is 50.2 Å². The van der Waals surface area contributed by atoms with Gasteiger partial charge in [0.1, 0.15) is 11.6 Å². The molecule has 2 fully saturated rings. The van der Waals surface area contributed by atoms with E-state index in [1.54, 1.807) is 18.3 Å². The summed E-state index contributed by atoms with van der Waals surface area (Å²) in [6, 6.07) is 13.8. The average molecular weight is 488 g/mol. The lowest BCUT2D eigenvalue weighted by Crippen LogP contribution is -2.50. The average Bonchev–Trinajstić information content (AvgIpc) is 3.59. The molecule has 3 heterocycles. The van der Waals surface area contributed by atoms with Gasteiger partial charge in [-0.3, -0.25) is 9.59 Å². The molecule has 2 aliphatic heterocycles. The van der Waals surface area contributed by atoms with Crippen molar-refractivity contribution >= 4 is 17.5 Å². The van der Waals surface area contributed by atoms with Gasteiger partial charge in [-0.2, -0.15) is 0 Å². The number of rotatable bonds is 4. The highest BCUT2D eigenvalue weighted by Crippen LogP contribution is 2.51. The first-order chi connectivity index (χ1) is 17.6. The van der Waals surface area contributed by atoms with Gasteiger partial charge < -0.3 is 20.5 Å². The Bertz CT molecular complexity index is 1260. The van der Waals surface area contributed by atoms with Gasteiger partial charge in [-0.15, -0.1) is 0 Å². The number of hydrogen-bond donors (Lipinski definition) is 3. The van der Waals surface area contributed by atoms with Crippen molar-refractivity contribution < 1.29 is 14.0 Å². The first-order valence-electron chi connectivity index (χ1n) is 12.8. The second-order valence-electron chi connectivity index (χ2n) is 10.1. The molecule has 0 radical (unpaired) electrons. The Morgan fingerprint density at radius 3 is 2.67 bits per heavy atom. The molecular formula is C28H30FN5O2. The number of likely N-dealkylation sites (tertiary alicyclic amines) is 1. The van der Waals surface area contributed by atoms with Crippen LogP contribution < -0.4 is 10.6 Å². The number of benzene rings is 2. The van der Waals surface area contributed by atoms with E-state index in [9.17, 15) is 14.0 Å². The van der Waals surface area contributed by atoms with Crippen molar-refractivity contribution in [2.75, 3.05) is 11.9 Å². The summed E-state index contributed by atoms with van der Waals surface area (Å²) in [5.41, 5.74) is 2.16. The zero-order valence-electron chi connectivity index (χ0n) is 20.0. The maximum Gasteiger partial charge on any atom is 0.254 e. The molecule has 1 aromatic heterocycles. The Morgan fingerprint density at radius 1 is 1.03 bits per heavy atom. The Morgan fingerprint density at radius 2 is 1.83 bits per heavy atom. The first-order valence-corrected chi connectivity index (χ1v) is 12.8. The molecule has 1 saturated heterocycles. The molecule has 5 atom stereocenters. The van der Waals surface area contributed by atoms with E-state index >= 15 is 0 Å². The fourth-order valence-corrected chi connectivity index (χ4v) is 6.39. The summed E-state index contributed by atoms with van der Waals surface area (Å²) in [5.74, 6) is -0.187. The van der Waals surface area contributed by atoms with E-state index in [0.717, 1.165) is 42.8 Å². The van der Waals surface area contributed by atoms with Gasteiger partial charge >= 0.3 is 0 Å². The van der Waals surface area contributed by atoms with Crippen molar-refractivity contribution in [3.63, 3.8) is 0 Å². The third-order valence-corrected chi connectivity index (χ3v) is 8.08. The highest BCUT2D eigenvalue weighted by molar-refractivity contribution is 5.95. The van der Waals surface area contributed by atoms with Gasteiger partial charge in [-0.25, -0.2) is 9.37 Å². The number of H-pyrrole nitrogens is 1. The lowest BCUT2D eigenvalue weighted by Gasteiger charge is -2.41. The molecule has 6 rings (SSSR count). The van der Waals surface area contributed by atoms with Gasteiger partial charge in [0.2, 0.25) is 5.91 Å². The topological polar surface area (TPSA) is 90.1 Å². The van der Waals surface area contributed by atoms with E-state index in [1.165, 1.54) is 12.1 Å². The monoisotopic (exact) mass is 487 g/mol. The van der Waals surface area contributed by atoms with Crippen LogP contribution in [-0.4, -0.2) is 39.3 Å². The SMILES string of the molecule is O=C(N[C@@H]1CCCC[C@@H]1C(=O)N1CC[C@@H]2[C@H](c3ncc[nH]3)Nc3ccccc3[C@@H]21)c1ccccc1F. The number of aromatic nitrogens is 2. The molecule has 3 aromatic rings. The summed E-state index contributed by atoms with van der Waals surface area (Å²) in [5, 5.41) is 6.64. The van der Waals surface area contributed by atoms with Crippen LogP contribution in [0.3, 0.4) is 0 Å². The number of fused-ring (bicyclic) bond motifs is 3. The number of para-hydroxylation sites is 1. The summed E-state index contributed by atoms with van der Waals surface area (Å²) in [4.78, 5) is 36.8. The third kappa shape index (κ3) is 3.94. The molecule has 1 saturated carbocycles. The Balaban J connectivity index is 1.27. The van der Waals surface area contributed by atoms with E-state index in [0.29, 0.717) is 13.0 Å². The summed E-state index contributed by atoms with van der Waals surface area (Å²) >= 11 is 0. The van der Waals surface area contributed by atoms with Gasteiger partial charge in [-0.1, -0.05) is 43.2 Å². The molecule has 36 heavy (non-hydrogen) atoms. The number of carbonyl (C=O) groups is 2. The second-order valence-corrected chi connectivity index (χ2v) is 10.1. The molecule has 0 unspecified atom stereocenters. The number of halogens is 1. The smallest absolute Gasteiger partial charge is 0.254 e. The van der Waals surface area contributed by atoms with Crippen LogP contribution in [0.15, 0.2) is 60.9 Å². The first kappa shape index (κ1) is 22.8. The van der Waals surface area contributed by atoms with Crippen LogP contribution in [0.2, 0.25) is 0 Å². The lowest BCUT2D eigenvalue weighted by atomic mass is 9.80. The molecule has 0 bridgehead atoms. The lowest BCUT2D eigenvalue weighted by molar-refractivity contribution is -0.138. The van der Waals surface area contributed by atoms with Gasteiger partial charge in [0.25, 0.3) is 5.91 Å². The summed E-state index contributed by atoms with van der Waals surface area (Å²) < 4.78 is 14.2. The highest BCUT2D eigenvalue weighted by atomic mass is 19.1. The molecule has 1 aliphatic carbocycles. The zero-order valence-corrected chi connectivity index (χ0v) is 20.0. The highest BCUT2D eigenvalue weighted by Gasteiger charge is 2.49. The van der Waals surface area contributed by atoms with Gasteiger partial charge in [0, 0.05) is 36.6 Å². The van der Waals surface area contributed by atoms with E-state index in [-0.39, 0.29) is 41.4 Å². The standard InChI is InChI=1S/C28H30FN5O2/c29-21-10-4-1-7-17(21)27(35)33-23-12-6-3-9-19(23)28(36)34-16-13-20-24(26-30-14-15-31-26)32-22-11-5-2-8-18(22)25(20)34/h1-2,4-5,7-8,10-11,14-15,19-20,23-25,32H,3,6,9,12-13,16H2,(H,30,31)(H,33,35)/t19-,20+,23+,24+,25-/m0/s1. The van der Waals surface area contributed by atoms with Crippen molar-refractivity contribution in [1.82, 2.24) is 20.2 Å². The van der Waals surface area contributed by atoms with Crippen molar-refractivity contribution in [3.8, 4) is 0 Å². The van der Waals surface area contributed by atoms with Crippen LogP contribution in [0, 0.1) is 17.7 Å². The Labute approximate surface area is 209 Å². The minimum Gasteiger partial charge on any atom is -0.375 e. The molecule has 0 spiro atoms. The fraction of sp³-hybridized carbons (Fsp3) is 0.393. The van der Waals surface area contributed by atoms with Crippen LogP contribution in [0.1, 0.15) is 65.9 Å². The second kappa shape index (κ2) is 9.41. The fourth-order valence-electron chi connectivity index (χ4n) is 6.39. The number of nitrogens with zero attached hydrogens (tertiary/aromatic N) is 2. The van der Waals surface area contributed by atoms with Crippen molar-refractivity contribution in [3.05, 3.63) is 83.7 Å². The van der Waals surface area contributed by atoms with Crippen molar-refractivity contribution in [1.29, 1.82) is 0 Å².